The first-order valence-corrected chi connectivity index (χ1v) is 5.06. The normalized spacial score (nSPS) is 11.6. The van der Waals surface area contributed by atoms with Crippen molar-refractivity contribution in [2.45, 2.75) is 6.42 Å². The van der Waals surface area contributed by atoms with E-state index in [0.717, 1.165) is 23.1 Å². The van der Waals surface area contributed by atoms with Crippen LogP contribution in [0.1, 0.15) is 11.3 Å². The highest BCUT2D eigenvalue weighted by Crippen LogP contribution is 2.23. The van der Waals surface area contributed by atoms with Gasteiger partial charge in [-0.05, 0) is 11.6 Å². The van der Waals surface area contributed by atoms with Crippen molar-refractivity contribution in [2.24, 2.45) is 0 Å². The van der Waals surface area contributed by atoms with Gasteiger partial charge >= 0.3 is 0 Å². The number of rotatable bonds is 2. The molecule has 4 nitrogen and oxygen atoms in total. The Kier molecular flexibility index (Phi) is 3.44. The van der Waals surface area contributed by atoms with Crippen LogP contribution in [-0.2, 0) is 15.9 Å². The number of nitrogens with zero attached hydrogens (tertiary/aromatic N) is 2. The van der Waals surface area contributed by atoms with Crippen LogP contribution in [0, 0.1) is 0 Å². The van der Waals surface area contributed by atoms with Crippen LogP contribution >= 0.6 is 0 Å². The number of para-hydroxylation sites is 1. The zero-order chi connectivity index (χ0) is 11.4. The van der Waals surface area contributed by atoms with E-state index in [-0.39, 0.29) is 0 Å². The molecule has 0 saturated heterocycles. The minimum atomic E-state index is 0.389. The first-order chi connectivity index (χ1) is 7.85. The van der Waals surface area contributed by atoms with Gasteiger partial charge in [0.25, 0.3) is 0 Å². The fraction of sp³-hybridized carbons (Fsp3) is 0.333. The molecular weight excluding hydrogens is 204 g/mol. The Balaban J connectivity index is 0.000000168. The summed E-state index contributed by atoms with van der Waals surface area (Å²) >= 11 is 0. The Morgan fingerprint density at radius 1 is 1.25 bits per heavy atom. The van der Waals surface area contributed by atoms with Crippen LogP contribution < -0.4 is 0 Å². The molecule has 0 atom stereocenters. The lowest BCUT2D eigenvalue weighted by Crippen LogP contribution is -1.87. The third-order valence-corrected chi connectivity index (χ3v) is 2.31. The summed E-state index contributed by atoms with van der Waals surface area (Å²) in [4.78, 5) is 8.68. The lowest BCUT2D eigenvalue weighted by molar-refractivity contribution is -0.00271. The van der Waals surface area contributed by atoms with Gasteiger partial charge in [-0.15, -0.1) is 0 Å². The second-order valence-electron chi connectivity index (χ2n) is 3.52. The Hall–Kier alpha value is -1.52. The first kappa shape index (κ1) is 11.0. The number of methoxy groups -OCH3 is 2. The van der Waals surface area contributed by atoms with Gasteiger partial charge in [-0.25, -0.2) is 4.98 Å². The number of fused-ring (bicyclic) bond motifs is 1. The number of hydrogen-bond donors (Lipinski definition) is 0. The van der Waals surface area contributed by atoms with Gasteiger partial charge in [0, 0.05) is 26.8 Å². The molecule has 0 unspecified atom stereocenters. The molecule has 0 amide bonds. The zero-order valence-electron chi connectivity index (χ0n) is 9.43. The summed E-state index contributed by atoms with van der Waals surface area (Å²) in [7, 11) is 3.17. The maximum absolute atomic E-state index is 4.47. The number of benzene rings is 1. The topological polar surface area (TPSA) is 44.2 Å². The molecule has 0 spiro atoms. The summed E-state index contributed by atoms with van der Waals surface area (Å²) in [6, 6.07) is 6.15. The maximum atomic E-state index is 4.47. The summed E-state index contributed by atoms with van der Waals surface area (Å²) < 4.78 is 8.94. The van der Waals surface area contributed by atoms with E-state index in [4.69, 9.17) is 0 Å². The minimum Gasteiger partial charge on any atom is -0.359 e. The second-order valence-corrected chi connectivity index (χ2v) is 3.52. The van der Waals surface area contributed by atoms with Crippen molar-refractivity contribution in [2.75, 3.05) is 21.0 Å². The lowest BCUT2D eigenvalue weighted by atomic mass is 10.1. The van der Waals surface area contributed by atoms with Gasteiger partial charge in [-0.1, -0.05) is 12.1 Å². The first-order valence-electron chi connectivity index (χ1n) is 5.06. The maximum Gasteiger partial charge on any atom is 0.145 e. The highest BCUT2D eigenvalue weighted by molar-refractivity contribution is 5.80. The van der Waals surface area contributed by atoms with E-state index in [0.29, 0.717) is 6.79 Å². The molecule has 2 bridgehead atoms. The van der Waals surface area contributed by atoms with Gasteiger partial charge in [0.1, 0.15) is 6.79 Å². The summed E-state index contributed by atoms with van der Waals surface area (Å²) in [6.45, 7) is 0.389. The van der Waals surface area contributed by atoms with Crippen LogP contribution in [0.5, 0.6) is 0 Å². The molecular formula is C12H14N2O2. The van der Waals surface area contributed by atoms with Crippen molar-refractivity contribution in [1.82, 2.24) is 9.97 Å². The van der Waals surface area contributed by atoms with Crippen molar-refractivity contribution in [1.29, 1.82) is 0 Å². The molecule has 1 aliphatic rings. The Labute approximate surface area is 94.2 Å². The van der Waals surface area contributed by atoms with Crippen molar-refractivity contribution in [3.63, 3.8) is 0 Å². The highest BCUT2D eigenvalue weighted by atomic mass is 16.6. The Bertz CT molecular complexity index is 483. The van der Waals surface area contributed by atoms with Crippen molar-refractivity contribution < 1.29 is 9.47 Å². The average molecular weight is 218 g/mol. The Morgan fingerprint density at radius 2 is 2.06 bits per heavy atom. The van der Waals surface area contributed by atoms with Gasteiger partial charge in [-0.3, -0.25) is 4.98 Å². The number of hydrogen-bond acceptors (Lipinski definition) is 4. The fourth-order valence-electron chi connectivity index (χ4n) is 1.67. The number of ether oxygens (including phenoxy) is 2. The quantitative estimate of drug-likeness (QED) is 0.615. The van der Waals surface area contributed by atoms with Crippen molar-refractivity contribution >= 4 is 11.0 Å². The van der Waals surface area contributed by atoms with E-state index < -0.39 is 0 Å². The van der Waals surface area contributed by atoms with Crippen LogP contribution in [0.2, 0.25) is 0 Å². The van der Waals surface area contributed by atoms with Gasteiger partial charge in [0.15, 0.2) is 0 Å². The van der Waals surface area contributed by atoms with Crippen LogP contribution in [-0.4, -0.2) is 31.0 Å². The molecule has 0 radical (unpaired) electrons. The monoisotopic (exact) mass is 218 g/mol. The summed E-state index contributed by atoms with van der Waals surface area (Å²) in [5.74, 6) is 0. The zero-order valence-corrected chi connectivity index (χ0v) is 9.43. The smallest absolute Gasteiger partial charge is 0.145 e. The van der Waals surface area contributed by atoms with Crippen LogP contribution in [0.15, 0.2) is 24.4 Å². The highest BCUT2D eigenvalue weighted by Gasteiger charge is 2.12. The van der Waals surface area contributed by atoms with Crippen LogP contribution in [0.3, 0.4) is 0 Å². The largest absolute Gasteiger partial charge is 0.359 e. The molecule has 4 heteroatoms. The summed E-state index contributed by atoms with van der Waals surface area (Å²) in [5, 5.41) is 0. The second kappa shape index (κ2) is 5.01. The molecule has 1 aliphatic heterocycles. The molecule has 84 valence electrons. The third-order valence-electron chi connectivity index (χ3n) is 2.31. The molecule has 2 aromatic rings. The molecule has 0 fully saturated rings. The van der Waals surface area contributed by atoms with E-state index >= 15 is 0 Å². The van der Waals surface area contributed by atoms with Crippen molar-refractivity contribution in [3.05, 3.63) is 35.7 Å². The van der Waals surface area contributed by atoms with Gasteiger partial charge in [0.2, 0.25) is 0 Å². The minimum absolute atomic E-state index is 0.389. The SMILES string of the molecule is COCOC.c1cc2c3nc(cnc3c1)C2. The number of aromatic nitrogens is 2. The standard InChI is InChI=1S/C9H6N2.C3H8O2/c1-2-6-4-7-5-10-8(3-1)9(6)11-7;1-4-3-5-2/h1-3,5H,4H2;3H2,1-2H3. The van der Waals surface area contributed by atoms with Gasteiger partial charge in [0.05, 0.1) is 16.7 Å². The molecule has 0 saturated carbocycles. The fourth-order valence-corrected chi connectivity index (χ4v) is 1.67. The van der Waals surface area contributed by atoms with Crippen LogP contribution in [0.4, 0.5) is 0 Å². The van der Waals surface area contributed by atoms with Crippen molar-refractivity contribution in [3.8, 4) is 0 Å². The molecule has 16 heavy (non-hydrogen) atoms. The van der Waals surface area contributed by atoms with Gasteiger partial charge < -0.3 is 9.47 Å². The molecule has 0 aliphatic carbocycles. The van der Waals surface area contributed by atoms with Crippen LogP contribution in [0.25, 0.3) is 11.0 Å². The van der Waals surface area contributed by atoms with E-state index in [1.54, 1.807) is 14.2 Å². The predicted octanol–water partition coefficient (Wildman–Crippen LogP) is 1.77. The van der Waals surface area contributed by atoms with E-state index in [9.17, 15) is 0 Å². The van der Waals surface area contributed by atoms with E-state index in [1.807, 2.05) is 18.3 Å². The lowest BCUT2D eigenvalue weighted by Gasteiger charge is -1.91. The average Bonchev–Trinajstić information content (AvgIpc) is 2.70. The molecule has 0 N–H and O–H groups in total. The summed E-state index contributed by atoms with van der Waals surface area (Å²) in [6.07, 6.45) is 2.82. The molecule has 2 heterocycles. The molecule has 1 aromatic heterocycles. The van der Waals surface area contributed by atoms with E-state index in [2.05, 4.69) is 25.5 Å². The summed E-state index contributed by atoms with van der Waals surface area (Å²) in [5.41, 5.74) is 4.52. The van der Waals surface area contributed by atoms with Gasteiger partial charge in [-0.2, -0.15) is 0 Å². The van der Waals surface area contributed by atoms with E-state index in [1.165, 1.54) is 5.56 Å². The third kappa shape index (κ3) is 2.18. The Morgan fingerprint density at radius 3 is 2.75 bits per heavy atom. The molecule has 3 rings (SSSR count). The predicted molar refractivity (Wildman–Crippen MR) is 61.2 cm³/mol. The molecule has 1 aromatic carbocycles.